The highest BCUT2D eigenvalue weighted by molar-refractivity contribution is 6.36. The van der Waals surface area contributed by atoms with Crippen LogP contribution in [0.25, 0.3) is 0 Å². The molecule has 0 amide bonds. The molecule has 0 saturated heterocycles. The van der Waals surface area contributed by atoms with Gasteiger partial charge in [0.2, 0.25) is 23.1 Å². The number of carbonyl (C=O) groups excluding carboxylic acids is 2. The van der Waals surface area contributed by atoms with E-state index in [4.69, 9.17) is 30.5 Å². The highest BCUT2D eigenvalue weighted by Gasteiger charge is 2.63. The Labute approximate surface area is 221 Å². The highest BCUT2D eigenvalue weighted by atomic mass is 35.5. The molecule has 0 bridgehead atoms. The van der Waals surface area contributed by atoms with Crippen LogP contribution in [0.1, 0.15) is 35.3 Å². The topological polar surface area (TPSA) is 134 Å². The van der Waals surface area contributed by atoms with E-state index >= 15 is 0 Å². The number of phenols is 1. The third-order valence-electron chi connectivity index (χ3n) is 7.40. The average molecular weight is 539 g/mol. The number of hydrogen-bond donors (Lipinski definition) is 2. The van der Waals surface area contributed by atoms with Gasteiger partial charge in [0.25, 0.3) is 0 Å². The summed E-state index contributed by atoms with van der Waals surface area (Å²) in [5.74, 6) is -0.541. The Kier molecular flexibility index (Phi) is 5.32. The van der Waals surface area contributed by atoms with Crippen molar-refractivity contribution >= 4 is 29.1 Å². The number of anilines is 1. The van der Waals surface area contributed by atoms with Gasteiger partial charge in [-0.3, -0.25) is 9.59 Å². The van der Waals surface area contributed by atoms with E-state index in [1.165, 1.54) is 39.8 Å². The summed E-state index contributed by atoms with van der Waals surface area (Å²) in [4.78, 5) is 33.0. The quantitative estimate of drug-likeness (QED) is 0.475. The molecule has 6 rings (SSSR count). The van der Waals surface area contributed by atoms with Crippen molar-refractivity contribution < 1.29 is 33.6 Å². The van der Waals surface area contributed by atoms with Crippen molar-refractivity contribution in [2.24, 2.45) is 5.92 Å². The molecule has 3 unspecified atom stereocenters. The highest BCUT2D eigenvalue weighted by Crippen LogP contribution is 2.55. The maximum absolute atomic E-state index is 14.6. The molecule has 2 aromatic carbocycles. The van der Waals surface area contributed by atoms with E-state index in [9.17, 15) is 14.7 Å². The molecule has 38 heavy (non-hydrogen) atoms. The molecule has 3 heterocycles. The third kappa shape index (κ3) is 3.02. The first-order chi connectivity index (χ1) is 18.3. The van der Waals surface area contributed by atoms with Gasteiger partial charge in [0.1, 0.15) is 34.5 Å². The summed E-state index contributed by atoms with van der Waals surface area (Å²) in [6.45, 7) is 1.78. The number of nitrogens with one attached hydrogen (secondary N) is 1. The number of ether oxygens (including phenoxy) is 4. The zero-order valence-electron chi connectivity index (χ0n) is 20.9. The van der Waals surface area contributed by atoms with Gasteiger partial charge in [0.15, 0.2) is 17.2 Å². The van der Waals surface area contributed by atoms with E-state index in [-0.39, 0.29) is 44.9 Å². The fraction of sp³-hybridized carbons (Fsp3) is 0.308. The van der Waals surface area contributed by atoms with Crippen LogP contribution in [0.15, 0.2) is 41.9 Å². The number of allylic oxidation sites excluding steroid dienone is 1. The summed E-state index contributed by atoms with van der Waals surface area (Å²) >= 11 is 6.56. The lowest BCUT2D eigenvalue weighted by atomic mass is 9.69. The van der Waals surface area contributed by atoms with Crippen LogP contribution in [0, 0.1) is 5.92 Å². The first-order valence-corrected chi connectivity index (χ1v) is 12.1. The minimum Gasteiger partial charge on any atom is -0.504 e. The van der Waals surface area contributed by atoms with Crippen LogP contribution >= 0.6 is 11.6 Å². The van der Waals surface area contributed by atoms with Gasteiger partial charge in [-0.25, -0.2) is 4.68 Å². The standard InChI is InChI=1S/C26H23ClN4O7/c1-11-7-13-18(21(31-25(30-13)28-10-29-31)12-5-6-14(32)15(8-12)35-2)23(33)26(11)24(34)19-16(36-3)9-17(37-4)20(27)22(19)38-26/h5-6,8-11,21,32H,7H2,1-4H3,(H,28,29,30). The van der Waals surface area contributed by atoms with Gasteiger partial charge in [0.05, 0.1) is 21.3 Å². The molecule has 3 aliphatic rings. The Morgan fingerprint density at radius 1 is 1.11 bits per heavy atom. The predicted octanol–water partition coefficient (Wildman–Crippen LogP) is 3.55. The number of aromatic nitrogens is 3. The zero-order chi connectivity index (χ0) is 26.9. The van der Waals surface area contributed by atoms with Crippen LogP contribution in [-0.2, 0) is 4.79 Å². The molecule has 196 valence electrons. The van der Waals surface area contributed by atoms with Gasteiger partial charge in [-0.05, 0) is 24.1 Å². The Balaban J connectivity index is 1.54. The zero-order valence-corrected chi connectivity index (χ0v) is 21.6. The van der Waals surface area contributed by atoms with E-state index in [0.29, 0.717) is 23.6 Å². The lowest BCUT2D eigenvalue weighted by Gasteiger charge is -2.41. The maximum Gasteiger partial charge on any atom is 0.236 e. The van der Waals surface area contributed by atoms with Crippen LogP contribution in [0.2, 0.25) is 5.02 Å². The minimum absolute atomic E-state index is 0.0465. The molecule has 12 heteroatoms. The van der Waals surface area contributed by atoms with Gasteiger partial charge < -0.3 is 29.4 Å². The van der Waals surface area contributed by atoms with Gasteiger partial charge in [-0.1, -0.05) is 24.6 Å². The number of carbonyl (C=O) groups is 2. The van der Waals surface area contributed by atoms with E-state index < -0.39 is 29.1 Å². The second-order valence-electron chi connectivity index (χ2n) is 9.28. The molecule has 0 saturated carbocycles. The summed E-state index contributed by atoms with van der Waals surface area (Å²) < 4.78 is 24.0. The van der Waals surface area contributed by atoms with Crippen LogP contribution in [0.4, 0.5) is 5.95 Å². The molecular weight excluding hydrogens is 516 g/mol. The Morgan fingerprint density at radius 3 is 2.55 bits per heavy atom. The number of Topliss-reactive ketones (excluding diaryl/α,β-unsaturated/α-hetero) is 2. The SMILES string of the molecule is COc1cc(C2C3=C(CC(C)C4(Oc5c(Cl)c(OC)cc(OC)c5C4=O)C3=O)Nc3ncnn32)ccc1O. The average Bonchev–Trinajstić information content (AvgIpc) is 3.50. The fourth-order valence-corrected chi connectivity index (χ4v) is 5.83. The number of nitrogens with zero attached hydrogens (tertiary/aromatic N) is 3. The normalized spacial score (nSPS) is 23.4. The molecule has 3 aromatic rings. The number of fused-ring (bicyclic) bond motifs is 2. The number of methoxy groups -OCH3 is 3. The van der Waals surface area contributed by atoms with Crippen LogP contribution in [0.3, 0.4) is 0 Å². The molecule has 1 aliphatic carbocycles. The van der Waals surface area contributed by atoms with Crippen LogP contribution < -0.4 is 24.3 Å². The number of halogens is 1. The summed E-state index contributed by atoms with van der Waals surface area (Å²) in [7, 11) is 4.29. The summed E-state index contributed by atoms with van der Waals surface area (Å²) in [6, 6.07) is 5.49. The van der Waals surface area contributed by atoms with E-state index in [2.05, 4.69) is 15.4 Å². The van der Waals surface area contributed by atoms with Crippen molar-refractivity contribution in [2.45, 2.75) is 25.0 Å². The van der Waals surface area contributed by atoms with Gasteiger partial charge in [0, 0.05) is 23.3 Å². The van der Waals surface area contributed by atoms with Crippen molar-refractivity contribution in [3.63, 3.8) is 0 Å². The number of aromatic hydroxyl groups is 1. The van der Waals surface area contributed by atoms with Crippen molar-refractivity contribution in [1.82, 2.24) is 14.8 Å². The van der Waals surface area contributed by atoms with Crippen LogP contribution in [0.5, 0.6) is 28.7 Å². The molecule has 0 fully saturated rings. The van der Waals surface area contributed by atoms with Crippen molar-refractivity contribution in [3.05, 3.63) is 58.0 Å². The van der Waals surface area contributed by atoms with Crippen molar-refractivity contribution in [1.29, 1.82) is 0 Å². The first-order valence-electron chi connectivity index (χ1n) is 11.8. The molecule has 1 spiro atoms. The van der Waals surface area contributed by atoms with Crippen molar-refractivity contribution in [2.75, 3.05) is 26.6 Å². The number of benzene rings is 2. The second-order valence-corrected chi connectivity index (χ2v) is 9.66. The number of hydrogen-bond acceptors (Lipinski definition) is 10. The summed E-state index contributed by atoms with van der Waals surface area (Å²) in [6.07, 6.45) is 1.68. The largest absolute Gasteiger partial charge is 0.504 e. The van der Waals surface area contributed by atoms with E-state index in [0.717, 1.165) is 0 Å². The predicted molar refractivity (Wildman–Crippen MR) is 135 cm³/mol. The van der Waals surface area contributed by atoms with Gasteiger partial charge in [-0.15, -0.1) is 0 Å². The third-order valence-corrected chi connectivity index (χ3v) is 7.76. The lowest BCUT2D eigenvalue weighted by Crippen LogP contribution is -2.58. The summed E-state index contributed by atoms with van der Waals surface area (Å²) in [5, 5.41) is 17.8. The maximum atomic E-state index is 14.6. The number of rotatable bonds is 4. The molecule has 2 N–H and O–H groups in total. The lowest BCUT2D eigenvalue weighted by molar-refractivity contribution is -0.130. The molecule has 2 aliphatic heterocycles. The van der Waals surface area contributed by atoms with E-state index in [1.807, 2.05) is 0 Å². The fourth-order valence-electron chi connectivity index (χ4n) is 5.56. The minimum atomic E-state index is -1.89. The molecular formula is C26H23ClN4O7. The van der Waals surface area contributed by atoms with Gasteiger partial charge >= 0.3 is 0 Å². The molecule has 0 radical (unpaired) electrons. The number of ketones is 2. The molecule has 1 aromatic heterocycles. The van der Waals surface area contributed by atoms with E-state index in [1.54, 1.807) is 23.7 Å². The molecule has 3 atom stereocenters. The van der Waals surface area contributed by atoms with Crippen molar-refractivity contribution in [3.8, 4) is 28.7 Å². The second kappa shape index (κ2) is 8.38. The Bertz CT molecular complexity index is 1570. The van der Waals surface area contributed by atoms with Gasteiger partial charge in [-0.2, -0.15) is 10.1 Å². The summed E-state index contributed by atoms with van der Waals surface area (Å²) in [5.41, 5.74) is -0.302. The first kappa shape index (κ1) is 24.1. The Morgan fingerprint density at radius 2 is 1.84 bits per heavy atom. The van der Waals surface area contributed by atoms with Crippen LogP contribution in [-0.4, -0.2) is 58.4 Å². The number of phenolic OH excluding ortho intramolecular Hbond substituents is 1. The Hall–Kier alpha value is -4.25. The smallest absolute Gasteiger partial charge is 0.236 e. The monoisotopic (exact) mass is 538 g/mol. The molecule has 11 nitrogen and oxygen atoms in total.